The van der Waals surface area contributed by atoms with E-state index >= 15 is 0 Å². The highest BCUT2D eigenvalue weighted by Gasteiger charge is 2.34. The fourth-order valence-corrected chi connectivity index (χ4v) is 5.65. The summed E-state index contributed by atoms with van der Waals surface area (Å²) >= 11 is 0. The molecular formula is C29H30O2. The highest BCUT2D eigenvalue weighted by molar-refractivity contribution is 6.01. The Bertz CT molecular complexity index is 1050. The van der Waals surface area contributed by atoms with Crippen molar-refractivity contribution < 1.29 is 9.47 Å². The van der Waals surface area contributed by atoms with Gasteiger partial charge in [-0.25, -0.2) is 0 Å². The van der Waals surface area contributed by atoms with Crippen molar-refractivity contribution in [2.24, 2.45) is 0 Å². The van der Waals surface area contributed by atoms with E-state index in [0.29, 0.717) is 13.2 Å². The first-order valence-corrected chi connectivity index (χ1v) is 11.3. The second kappa shape index (κ2) is 8.82. The lowest BCUT2D eigenvalue weighted by Crippen LogP contribution is -2.20. The van der Waals surface area contributed by atoms with Crippen molar-refractivity contribution in [1.29, 1.82) is 0 Å². The molecule has 2 nitrogen and oxygen atoms in total. The smallest absolute Gasteiger partial charge is 0.0537 e. The van der Waals surface area contributed by atoms with E-state index < -0.39 is 0 Å². The Labute approximate surface area is 185 Å². The van der Waals surface area contributed by atoms with Crippen LogP contribution in [0.25, 0.3) is 11.1 Å². The Morgan fingerprint density at radius 2 is 1.16 bits per heavy atom. The molecule has 158 valence electrons. The van der Waals surface area contributed by atoms with E-state index in [1.807, 2.05) is 0 Å². The summed E-state index contributed by atoms with van der Waals surface area (Å²) in [5.41, 5.74) is 11.2. The van der Waals surface area contributed by atoms with Crippen LogP contribution < -0.4 is 0 Å². The summed E-state index contributed by atoms with van der Waals surface area (Å²) in [4.78, 5) is 0. The van der Waals surface area contributed by atoms with E-state index in [2.05, 4.69) is 72.8 Å². The van der Waals surface area contributed by atoms with E-state index in [-0.39, 0.29) is 11.8 Å². The van der Waals surface area contributed by atoms with Gasteiger partial charge in [0.2, 0.25) is 0 Å². The van der Waals surface area contributed by atoms with Gasteiger partial charge >= 0.3 is 0 Å². The number of ether oxygens (including phenoxy) is 2. The molecule has 0 bridgehead atoms. The summed E-state index contributed by atoms with van der Waals surface area (Å²) < 4.78 is 11.5. The van der Waals surface area contributed by atoms with Crippen LogP contribution >= 0.6 is 0 Å². The molecule has 31 heavy (non-hydrogen) atoms. The number of rotatable bonds is 4. The van der Waals surface area contributed by atoms with Gasteiger partial charge in [0.05, 0.1) is 13.2 Å². The Kier molecular flexibility index (Phi) is 5.76. The minimum atomic E-state index is 0.249. The zero-order chi connectivity index (χ0) is 21.2. The van der Waals surface area contributed by atoms with Crippen LogP contribution in [0.3, 0.4) is 0 Å². The molecule has 0 saturated carbocycles. The van der Waals surface area contributed by atoms with Gasteiger partial charge in [0.15, 0.2) is 0 Å². The normalized spacial score (nSPS) is 19.9. The molecule has 2 heteroatoms. The van der Waals surface area contributed by atoms with Gasteiger partial charge in [-0.15, -0.1) is 0 Å². The largest absolute Gasteiger partial charge is 0.384 e. The van der Waals surface area contributed by atoms with Crippen molar-refractivity contribution >= 4 is 11.1 Å². The minimum absolute atomic E-state index is 0.249. The summed E-state index contributed by atoms with van der Waals surface area (Å²) in [6.45, 7) is 1.36. The molecule has 3 aromatic carbocycles. The Morgan fingerprint density at radius 1 is 0.645 bits per heavy atom. The molecule has 0 unspecified atom stereocenters. The van der Waals surface area contributed by atoms with Crippen molar-refractivity contribution in [3.8, 4) is 0 Å². The van der Waals surface area contributed by atoms with Gasteiger partial charge in [-0.1, -0.05) is 72.8 Å². The van der Waals surface area contributed by atoms with Crippen LogP contribution in [0.1, 0.15) is 58.1 Å². The van der Waals surface area contributed by atoms with Crippen LogP contribution in [0.5, 0.6) is 0 Å². The number of hydrogen-bond donors (Lipinski definition) is 0. The van der Waals surface area contributed by atoms with Crippen LogP contribution in [0.4, 0.5) is 0 Å². The number of methoxy groups -OCH3 is 2. The molecule has 3 aromatic rings. The van der Waals surface area contributed by atoms with Crippen LogP contribution in [-0.2, 0) is 15.9 Å². The fourth-order valence-electron chi connectivity index (χ4n) is 5.65. The predicted molar refractivity (Wildman–Crippen MR) is 127 cm³/mol. The summed E-state index contributed by atoms with van der Waals surface area (Å²) in [5.74, 6) is 0.499. The topological polar surface area (TPSA) is 18.5 Å². The summed E-state index contributed by atoms with van der Waals surface area (Å²) in [7, 11) is 3.61. The third kappa shape index (κ3) is 3.54. The first-order valence-electron chi connectivity index (χ1n) is 11.3. The predicted octanol–water partition coefficient (Wildman–Crippen LogP) is 6.46. The maximum absolute atomic E-state index is 5.75. The molecular weight excluding hydrogens is 380 g/mol. The van der Waals surface area contributed by atoms with Gasteiger partial charge in [-0.3, -0.25) is 0 Å². The first kappa shape index (κ1) is 20.2. The summed E-state index contributed by atoms with van der Waals surface area (Å²) in [6.07, 6.45) is 3.47. The van der Waals surface area contributed by atoms with Crippen LogP contribution in [0, 0.1) is 0 Å². The molecule has 0 aromatic heterocycles. The standard InChI is InChI=1S/C29H30O2/c1-30-18-27-22-13-5-7-15-25(22)29(24-17-9-11-20-10-3-4-12-21(20)24)26-16-8-6-14-23(26)28(27)19-31-2/h3-8,10,12-16,27-28H,9,11,17-19H2,1-2H3/t27-,28-/m0/s1. The van der Waals surface area contributed by atoms with Gasteiger partial charge in [-0.05, 0) is 63.8 Å². The molecule has 5 rings (SSSR count). The van der Waals surface area contributed by atoms with Crippen molar-refractivity contribution in [3.63, 3.8) is 0 Å². The van der Waals surface area contributed by atoms with Crippen LogP contribution in [-0.4, -0.2) is 27.4 Å². The zero-order valence-corrected chi connectivity index (χ0v) is 18.4. The highest BCUT2D eigenvalue weighted by Crippen LogP contribution is 2.49. The molecule has 2 atom stereocenters. The lowest BCUT2D eigenvalue weighted by Gasteiger charge is -2.26. The first-order chi connectivity index (χ1) is 15.3. The van der Waals surface area contributed by atoms with E-state index in [0.717, 1.165) is 12.8 Å². The van der Waals surface area contributed by atoms with E-state index in [1.165, 1.54) is 50.9 Å². The second-order valence-corrected chi connectivity index (χ2v) is 8.66. The number of hydrogen-bond acceptors (Lipinski definition) is 2. The molecule has 0 spiro atoms. The average molecular weight is 411 g/mol. The fraction of sp³-hybridized carbons (Fsp3) is 0.310. The van der Waals surface area contributed by atoms with Crippen molar-refractivity contribution in [3.05, 3.63) is 106 Å². The SMILES string of the molecule is COC[C@H]1c2ccccc2C(=C2CCCc3ccccc32)c2ccccc2[C@@H]1COC. The zero-order valence-electron chi connectivity index (χ0n) is 18.4. The maximum atomic E-state index is 5.75. The van der Waals surface area contributed by atoms with Gasteiger partial charge in [0, 0.05) is 26.1 Å². The Morgan fingerprint density at radius 3 is 1.74 bits per heavy atom. The minimum Gasteiger partial charge on any atom is -0.384 e. The van der Waals surface area contributed by atoms with E-state index in [4.69, 9.17) is 9.47 Å². The third-order valence-corrected chi connectivity index (χ3v) is 6.95. The Balaban J connectivity index is 1.87. The maximum Gasteiger partial charge on any atom is 0.0537 e. The summed E-state index contributed by atoms with van der Waals surface area (Å²) in [6, 6.07) is 26.9. The van der Waals surface area contributed by atoms with Crippen LogP contribution in [0.2, 0.25) is 0 Å². The second-order valence-electron chi connectivity index (χ2n) is 8.66. The molecule has 0 radical (unpaired) electrons. The molecule has 0 amide bonds. The number of benzene rings is 3. The van der Waals surface area contributed by atoms with E-state index in [1.54, 1.807) is 14.2 Å². The van der Waals surface area contributed by atoms with Crippen molar-refractivity contribution in [2.75, 3.05) is 27.4 Å². The molecule has 0 aliphatic heterocycles. The van der Waals surface area contributed by atoms with Crippen molar-refractivity contribution in [1.82, 2.24) is 0 Å². The monoisotopic (exact) mass is 410 g/mol. The van der Waals surface area contributed by atoms with Gasteiger partial charge < -0.3 is 9.47 Å². The molecule has 0 saturated heterocycles. The molecule has 0 fully saturated rings. The quantitative estimate of drug-likeness (QED) is 0.492. The molecule has 2 aliphatic rings. The molecule has 2 aliphatic carbocycles. The van der Waals surface area contributed by atoms with Gasteiger partial charge in [0.1, 0.15) is 0 Å². The number of aryl methyl sites for hydroxylation is 1. The highest BCUT2D eigenvalue weighted by atomic mass is 16.5. The molecule has 0 N–H and O–H groups in total. The van der Waals surface area contributed by atoms with Crippen molar-refractivity contribution in [2.45, 2.75) is 31.1 Å². The lowest BCUT2D eigenvalue weighted by atomic mass is 9.80. The van der Waals surface area contributed by atoms with Gasteiger partial charge in [0.25, 0.3) is 0 Å². The van der Waals surface area contributed by atoms with E-state index in [9.17, 15) is 0 Å². The molecule has 0 heterocycles. The number of fused-ring (bicyclic) bond motifs is 3. The van der Waals surface area contributed by atoms with Gasteiger partial charge in [-0.2, -0.15) is 0 Å². The third-order valence-electron chi connectivity index (χ3n) is 6.95. The average Bonchev–Trinajstić information content (AvgIpc) is 2.93. The number of allylic oxidation sites excluding steroid dienone is 1. The lowest BCUT2D eigenvalue weighted by molar-refractivity contribution is 0.127. The Hall–Kier alpha value is -2.68. The summed E-state index contributed by atoms with van der Waals surface area (Å²) in [5, 5.41) is 0. The van der Waals surface area contributed by atoms with Crippen LogP contribution in [0.15, 0.2) is 72.8 Å².